The number of rotatable bonds is 13. The van der Waals surface area contributed by atoms with Gasteiger partial charge in [-0.3, -0.25) is 0 Å². The molecule has 1 heterocycles. The Morgan fingerprint density at radius 2 is 1.62 bits per heavy atom. The third-order valence-corrected chi connectivity index (χ3v) is 9.92. The number of fused-ring (bicyclic) bond motifs is 1. The molecular formula is C23H24F5N4O7PS2. The predicted octanol–water partition coefficient (Wildman–Crippen LogP) is 0.982. The van der Waals surface area contributed by atoms with E-state index < -0.39 is 83.7 Å². The summed E-state index contributed by atoms with van der Waals surface area (Å²) in [7, 11) is -11.1. The third kappa shape index (κ3) is 7.36. The lowest BCUT2D eigenvalue weighted by molar-refractivity contribution is -0.369. The molecule has 0 aliphatic carbocycles. The maximum atomic E-state index is 15.5. The van der Waals surface area contributed by atoms with E-state index in [0.717, 1.165) is 0 Å². The van der Waals surface area contributed by atoms with Gasteiger partial charge >= 0.3 is 6.18 Å². The second-order valence-corrected chi connectivity index (χ2v) is 13.3. The number of ether oxygens (including phenoxy) is 2. The molecule has 42 heavy (non-hydrogen) atoms. The quantitative estimate of drug-likeness (QED) is 0.137. The standard InChI is InChI=1S/C23H24F5N4O7PS2/c24-17-14-10-16(41-21(14)18(25)20(39-8-2-6-30)19(17)38-7-1-5-29)42(36,37)32-22(40(33,34)35)12-3-4-13(11-31)15(9-12)23(26,27)28/h3-4,9-10,22,32H,1-2,5-8,29-30H2,(H2,33,34,35). The van der Waals surface area contributed by atoms with Crippen molar-refractivity contribution in [2.45, 2.75) is 29.0 Å². The van der Waals surface area contributed by atoms with E-state index in [4.69, 9.17) is 14.7 Å². The van der Waals surface area contributed by atoms with Gasteiger partial charge in [0.2, 0.25) is 11.5 Å². The highest BCUT2D eigenvalue weighted by atomic mass is 32.2. The molecule has 0 bridgehead atoms. The SMILES string of the molecule is N#Cc1ccc(C(NS(=O)(=O)c2cc3c(F)c(OCCC[NH3+])c(OCCC[NH3+])c(F)c3s2)P(=O)([O-])[O-])cc1C(F)(F)F. The summed E-state index contributed by atoms with van der Waals surface area (Å²) < 4.78 is 120. The van der Waals surface area contributed by atoms with Gasteiger partial charge in [0.25, 0.3) is 10.0 Å². The van der Waals surface area contributed by atoms with Crippen LogP contribution in [-0.4, -0.2) is 34.7 Å². The van der Waals surface area contributed by atoms with Gasteiger partial charge < -0.3 is 35.3 Å². The van der Waals surface area contributed by atoms with Crippen molar-refractivity contribution in [3.05, 3.63) is 52.6 Å². The van der Waals surface area contributed by atoms with Crippen molar-refractivity contribution in [3.63, 3.8) is 0 Å². The third-order valence-electron chi connectivity index (χ3n) is 5.66. The monoisotopic (exact) mass is 658 g/mol. The number of nitrogens with one attached hydrogen (secondary N) is 1. The minimum Gasteiger partial charge on any atom is -0.809 e. The molecule has 0 saturated heterocycles. The molecule has 0 amide bonds. The lowest BCUT2D eigenvalue weighted by Gasteiger charge is -2.38. The fraction of sp³-hybridized carbons (Fsp3) is 0.348. The molecular weight excluding hydrogens is 634 g/mol. The number of halogens is 5. The van der Waals surface area contributed by atoms with E-state index in [2.05, 4.69) is 11.5 Å². The second kappa shape index (κ2) is 13.2. The molecule has 3 rings (SSSR count). The first-order chi connectivity index (χ1) is 19.6. The summed E-state index contributed by atoms with van der Waals surface area (Å²) in [6.07, 6.45) is -4.42. The van der Waals surface area contributed by atoms with Crippen molar-refractivity contribution in [1.82, 2.24) is 4.72 Å². The van der Waals surface area contributed by atoms with E-state index in [9.17, 15) is 35.9 Å². The molecule has 0 spiro atoms. The van der Waals surface area contributed by atoms with E-state index >= 15 is 8.78 Å². The Morgan fingerprint density at radius 1 is 1.05 bits per heavy atom. The lowest BCUT2D eigenvalue weighted by atomic mass is 10.0. The first-order valence-electron chi connectivity index (χ1n) is 12.0. The van der Waals surface area contributed by atoms with Crippen LogP contribution in [0.3, 0.4) is 0 Å². The normalized spacial score (nSPS) is 13.2. The molecule has 2 aromatic carbocycles. The van der Waals surface area contributed by atoms with Crippen LogP contribution >= 0.6 is 18.9 Å². The molecule has 1 atom stereocenters. The Bertz CT molecular complexity index is 1600. The largest absolute Gasteiger partial charge is 0.809 e. The van der Waals surface area contributed by atoms with Crippen LogP contribution in [0, 0.1) is 23.0 Å². The predicted molar refractivity (Wildman–Crippen MR) is 134 cm³/mol. The number of nitrogens with zero attached hydrogens (tertiary/aromatic N) is 1. The first-order valence-corrected chi connectivity index (χ1v) is 15.9. The summed E-state index contributed by atoms with van der Waals surface area (Å²) in [4.78, 5) is 24.0. The van der Waals surface area contributed by atoms with Gasteiger partial charge in [0.1, 0.15) is 4.21 Å². The highest BCUT2D eigenvalue weighted by molar-refractivity contribution is 7.92. The van der Waals surface area contributed by atoms with Crippen molar-refractivity contribution >= 4 is 39.0 Å². The van der Waals surface area contributed by atoms with Crippen LogP contribution in [0.5, 0.6) is 11.5 Å². The lowest BCUT2D eigenvalue weighted by Crippen LogP contribution is -2.50. The molecule has 11 nitrogen and oxygen atoms in total. The molecule has 1 aromatic heterocycles. The average Bonchev–Trinajstić information content (AvgIpc) is 3.37. The van der Waals surface area contributed by atoms with Gasteiger partial charge in [0.05, 0.1) is 54.0 Å². The van der Waals surface area contributed by atoms with Crippen molar-refractivity contribution in [3.8, 4) is 17.6 Å². The molecule has 19 heteroatoms. The number of benzene rings is 2. The Kier molecular flexibility index (Phi) is 10.6. The molecule has 0 fully saturated rings. The zero-order valence-electron chi connectivity index (χ0n) is 21.5. The van der Waals surface area contributed by atoms with Gasteiger partial charge in [-0.1, -0.05) is 6.07 Å². The van der Waals surface area contributed by atoms with Crippen molar-refractivity contribution in [1.29, 1.82) is 5.26 Å². The van der Waals surface area contributed by atoms with Gasteiger partial charge in [-0.05, 0) is 31.4 Å². The molecule has 3 aromatic rings. The highest BCUT2D eigenvalue weighted by Gasteiger charge is 2.36. The van der Waals surface area contributed by atoms with E-state index in [0.29, 0.717) is 44.1 Å². The smallest absolute Gasteiger partial charge is 0.417 e. The van der Waals surface area contributed by atoms with E-state index in [1.54, 1.807) is 0 Å². The summed E-state index contributed by atoms with van der Waals surface area (Å²) in [5.74, 6) is -6.39. The van der Waals surface area contributed by atoms with Crippen molar-refractivity contribution in [2.24, 2.45) is 0 Å². The van der Waals surface area contributed by atoms with Gasteiger partial charge in [-0.15, -0.1) is 11.3 Å². The minimum atomic E-state index is -6.05. The summed E-state index contributed by atoms with van der Waals surface area (Å²) in [5.41, 5.74) is 3.79. The number of sulfonamides is 1. The van der Waals surface area contributed by atoms with Gasteiger partial charge in [0, 0.05) is 18.2 Å². The van der Waals surface area contributed by atoms with Gasteiger partial charge in [-0.2, -0.15) is 23.2 Å². The number of thiophene rings is 1. The zero-order valence-corrected chi connectivity index (χ0v) is 24.0. The number of nitriles is 1. The Balaban J connectivity index is 2.12. The topological polar surface area (TPSA) is 207 Å². The summed E-state index contributed by atoms with van der Waals surface area (Å²) in [6.45, 7) is 0.655. The fourth-order valence-electron chi connectivity index (χ4n) is 3.65. The maximum absolute atomic E-state index is 15.5. The fourth-order valence-corrected chi connectivity index (χ4v) is 7.58. The molecule has 7 N–H and O–H groups in total. The minimum absolute atomic E-state index is 0.0797. The average molecular weight is 659 g/mol. The number of alkyl halides is 3. The summed E-state index contributed by atoms with van der Waals surface area (Å²) in [6, 6.07) is 3.32. The van der Waals surface area contributed by atoms with Crippen LogP contribution in [0.4, 0.5) is 22.0 Å². The zero-order chi connectivity index (χ0) is 31.5. The van der Waals surface area contributed by atoms with Crippen molar-refractivity contribution < 1.29 is 65.7 Å². The maximum Gasteiger partial charge on any atom is 0.417 e. The molecule has 1 unspecified atom stereocenters. The Hall–Kier alpha value is -2.88. The number of quaternary nitrogens is 2. The van der Waals surface area contributed by atoms with E-state index in [1.165, 1.54) is 10.8 Å². The first kappa shape index (κ1) is 33.6. The van der Waals surface area contributed by atoms with Gasteiger partial charge in [-0.25, -0.2) is 17.2 Å². The Morgan fingerprint density at radius 3 is 2.12 bits per heavy atom. The molecule has 0 aliphatic heterocycles. The van der Waals surface area contributed by atoms with Crippen LogP contribution in [0.25, 0.3) is 10.1 Å². The van der Waals surface area contributed by atoms with Crippen LogP contribution in [0.1, 0.15) is 35.3 Å². The van der Waals surface area contributed by atoms with E-state index in [1.807, 2.05) is 0 Å². The van der Waals surface area contributed by atoms with Crippen molar-refractivity contribution in [2.75, 3.05) is 26.3 Å². The van der Waals surface area contributed by atoms with Crippen LogP contribution in [0.2, 0.25) is 0 Å². The Labute approximate surface area is 240 Å². The van der Waals surface area contributed by atoms with Crippen LogP contribution in [-0.2, 0) is 20.8 Å². The number of hydrogen-bond acceptors (Lipinski definition) is 9. The van der Waals surface area contributed by atoms with Gasteiger partial charge in [0.15, 0.2) is 11.6 Å². The molecule has 230 valence electrons. The van der Waals surface area contributed by atoms with E-state index in [-0.39, 0.29) is 30.6 Å². The summed E-state index contributed by atoms with van der Waals surface area (Å²) >= 11 is 0.157. The summed E-state index contributed by atoms with van der Waals surface area (Å²) in [5, 5.41) is 8.38. The molecule has 0 aliphatic rings. The molecule has 0 saturated carbocycles. The molecule has 0 radical (unpaired) electrons. The second-order valence-electron chi connectivity index (χ2n) is 8.68. The number of hydrogen-bond donors (Lipinski definition) is 3. The highest BCUT2D eigenvalue weighted by Crippen LogP contribution is 2.47. The van der Waals surface area contributed by atoms with Crippen LogP contribution < -0.4 is 35.4 Å². The van der Waals surface area contributed by atoms with Crippen LogP contribution in [0.15, 0.2) is 28.5 Å².